The van der Waals surface area contributed by atoms with Gasteiger partial charge in [0, 0.05) is 6.54 Å². The molecule has 1 N–H and O–H groups in total. The standard InChI is InChI=1S/C15H12ClN3O2S/c1-8-6-22-14-12(8)13(18-15(16)19-14)17-5-9-2-3-10-11(4-9)21-7-20-10/h2-4,6H,5,7H2,1H3,(H,17,18,19). The molecule has 0 bridgehead atoms. The maximum atomic E-state index is 6.00. The van der Waals surface area contributed by atoms with Crippen LogP contribution in [0.5, 0.6) is 11.5 Å². The Hall–Kier alpha value is -2.05. The number of thiophene rings is 1. The molecule has 7 heteroatoms. The first-order chi connectivity index (χ1) is 10.7. The van der Waals surface area contributed by atoms with E-state index in [1.165, 1.54) is 0 Å². The van der Waals surface area contributed by atoms with Gasteiger partial charge in [-0.3, -0.25) is 0 Å². The highest BCUT2D eigenvalue weighted by Crippen LogP contribution is 2.33. The van der Waals surface area contributed by atoms with Crippen LogP contribution in [0.15, 0.2) is 23.6 Å². The lowest BCUT2D eigenvalue weighted by Crippen LogP contribution is -2.03. The minimum absolute atomic E-state index is 0.252. The Morgan fingerprint density at radius 1 is 1.27 bits per heavy atom. The van der Waals surface area contributed by atoms with Gasteiger partial charge in [-0.05, 0) is 47.2 Å². The third kappa shape index (κ3) is 2.34. The minimum atomic E-state index is 0.252. The molecule has 0 unspecified atom stereocenters. The van der Waals surface area contributed by atoms with Gasteiger partial charge in [-0.25, -0.2) is 9.97 Å². The van der Waals surface area contributed by atoms with E-state index in [4.69, 9.17) is 21.1 Å². The summed E-state index contributed by atoms with van der Waals surface area (Å²) in [4.78, 5) is 9.47. The van der Waals surface area contributed by atoms with Crippen LogP contribution in [0.25, 0.3) is 10.2 Å². The summed E-state index contributed by atoms with van der Waals surface area (Å²) in [6.45, 7) is 2.94. The second-order valence-electron chi connectivity index (χ2n) is 4.98. The van der Waals surface area contributed by atoms with Crippen molar-refractivity contribution in [2.45, 2.75) is 13.5 Å². The number of halogens is 1. The second-order valence-corrected chi connectivity index (χ2v) is 6.18. The first-order valence-corrected chi connectivity index (χ1v) is 8.00. The van der Waals surface area contributed by atoms with Gasteiger partial charge in [-0.2, -0.15) is 0 Å². The number of ether oxygens (including phenoxy) is 2. The summed E-state index contributed by atoms with van der Waals surface area (Å²) >= 11 is 7.57. The van der Waals surface area contributed by atoms with E-state index in [9.17, 15) is 0 Å². The van der Waals surface area contributed by atoms with Gasteiger partial charge in [0.25, 0.3) is 0 Å². The van der Waals surface area contributed by atoms with Crippen LogP contribution in [-0.4, -0.2) is 16.8 Å². The number of hydrogen-bond acceptors (Lipinski definition) is 6. The van der Waals surface area contributed by atoms with E-state index in [1.807, 2.05) is 25.1 Å². The van der Waals surface area contributed by atoms with Crippen molar-refractivity contribution in [3.63, 3.8) is 0 Å². The van der Waals surface area contributed by atoms with Crippen LogP contribution in [0.4, 0.5) is 5.82 Å². The van der Waals surface area contributed by atoms with Crippen LogP contribution in [0.2, 0.25) is 5.28 Å². The Balaban J connectivity index is 1.63. The highest BCUT2D eigenvalue weighted by atomic mass is 35.5. The molecule has 0 radical (unpaired) electrons. The Labute approximate surface area is 135 Å². The number of hydrogen-bond donors (Lipinski definition) is 1. The number of fused-ring (bicyclic) bond motifs is 2. The van der Waals surface area contributed by atoms with Crippen molar-refractivity contribution in [1.82, 2.24) is 9.97 Å². The van der Waals surface area contributed by atoms with Crippen molar-refractivity contribution in [1.29, 1.82) is 0 Å². The average molecular weight is 334 g/mol. The monoisotopic (exact) mass is 333 g/mol. The van der Waals surface area contributed by atoms with E-state index in [0.717, 1.165) is 38.7 Å². The van der Waals surface area contributed by atoms with Gasteiger partial charge in [0.15, 0.2) is 11.5 Å². The van der Waals surface area contributed by atoms with E-state index in [0.29, 0.717) is 6.54 Å². The molecule has 5 nitrogen and oxygen atoms in total. The Kier molecular flexibility index (Phi) is 3.28. The van der Waals surface area contributed by atoms with E-state index in [-0.39, 0.29) is 12.1 Å². The largest absolute Gasteiger partial charge is 0.454 e. The fourth-order valence-corrected chi connectivity index (χ4v) is 3.56. The molecule has 1 aromatic carbocycles. The van der Waals surface area contributed by atoms with E-state index < -0.39 is 0 Å². The number of aryl methyl sites for hydroxylation is 1. The van der Waals surface area contributed by atoms with E-state index in [1.54, 1.807) is 11.3 Å². The number of benzene rings is 1. The number of nitrogens with zero attached hydrogens (tertiary/aromatic N) is 2. The Morgan fingerprint density at radius 2 is 2.14 bits per heavy atom. The molecular formula is C15H12ClN3O2S. The quantitative estimate of drug-likeness (QED) is 0.734. The van der Waals surface area contributed by atoms with Crippen molar-refractivity contribution in [2.24, 2.45) is 0 Å². The van der Waals surface area contributed by atoms with Crippen molar-refractivity contribution >= 4 is 39.0 Å². The summed E-state index contributed by atoms with van der Waals surface area (Å²) in [7, 11) is 0. The summed E-state index contributed by atoms with van der Waals surface area (Å²) in [6, 6.07) is 5.88. The molecule has 4 rings (SSSR count). The lowest BCUT2D eigenvalue weighted by Gasteiger charge is -2.08. The topological polar surface area (TPSA) is 56.3 Å². The molecule has 3 heterocycles. The van der Waals surface area contributed by atoms with Gasteiger partial charge < -0.3 is 14.8 Å². The van der Waals surface area contributed by atoms with Crippen LogP contribution in [0.1, 0.15) is 11.1 Å². The summed E-state index contributed by atoms with van der Waals surface area (Å²) in [5.74, 6) is 2.31. The van der Waals surface area contributed by atoms with Crippen molar-refractivity contribution in [3.8, 4) is 11.5 Å². The molecule has 0 atom stereocenters. The van der Waals surface area contributed by atoms with Crippen molar-refractivity contribution in [2.75, 3.05) is 12.1 Å². The Morgan fingerprint density at radius 3 is 3.05 bits per heavy atom. The zero-order chi connectivity index (χ0) is 15.1. The summed E-state index contributed by atoms with van der Waals surface area (Å²) in [6.07, 6.45) is 0. The van der Waals surface area contributed by atoms with Gasteiger partial charge in [-0.15, -0.1) is 11.3 Å². The average Bonchev–Trinajstić information content (AvgIpc) is 3.11. The first kappa shape index (κ1) is 13.6. The van der Waals surface area contributed by atoms with Crippen LogP contribution >= 0.6 is 22.9 Å². The van der Waals surface area contributed by atoms with E-state index in [2.05, 4.69) is 20.7 Å². The third-order valence-electron chi connectivity index (χ3n) is 3.49. The van der Waals surface area contributed by atoms with Crippen LogP contribution in [0.3, 0.4) is 0 Å². The van der Waals surface area contributed by atoms with Gasteiger partial charge >= 0.3 is 0 Å². The maximum absolute atomic E-state index is 6.00. The molecule has 0 aliphatic carbocycles. The normalized spacial score (nSPS) is 12.8. The second kappa shape index (κ2) is 5.30. The van der Waals surface area contributed by atoms with Gasteiger partial charge in [0.2, 0.25) is 12.1 Å². The van der Waals surface area contributed by atoms with Crippen LogP contribution in [-0.2, 0) is 6.54 Å². The molecule has 1 aliphatic heterocycles. The zero-order valence-corrected chi connectivity index (χ0v) is 13.3. The Bertz CT molecular complexity index is 865. The fraction of sp³-hybridized carbons (Fsp3) is 0.200. The third-order valence-corrected chi connectivity index (χ3v) is 4.65. The smallest absolute Gasteiger partial charge is 0.231 e. The highest BCUT2D eigenvalue weighted by Gasteiger charge is 2.14. The SMILES string of the molecule is Cc1csc2nc(Cl)nc(NCc3ccc4c(c3)OCO4)c12. The molecule has 0 saturated carbocycles. The number of rotatable bonds is 3. The summed E-state index contributed by atoms with van der Waals surface area (Å²) in [5, 5.41) is 6.67. The summed E-state index contributed by atoms with van der Waals surface area (Å²) in [5.41, 5.74) is 2.23. The molecule has 112 valence electrons. The number of aromatic nitrogens is 2. The van der Waals surface area contributed by atoms with Gasteiger partial charge in [-0.1, -0.05) is 6.07 Å². The summed E-state index contributed by atoms with van der Waals surface area (Å²) < 4.78 is 10.7. The zero-order valence-electron chi connectivity index (χ0n) is 11.7. The van der Waals surface area contributed by atoms with Crippen LogP contribution < -0.4 is 14.8 Å². The first-order valence-electron chi connectivity index (χ1n) is 6.74. The lowest BCUT2D eigenvalue weighted by molar-refractivity contribution is 0.174. The van der Waals surface area contributed by atoms with Crippen molar-refractivity contribution < 1.29 is 9.47 Å². The molecule has 22 heavy (non-hydrogen) atoms. The predicted octanol–water partition coefficient (Wildman–Crippen LogP) is 3.99. The molecule has 0 spiro atoms. The lowest BCUT2D eigenvalue weighted by atomic mass is 10.2. The number of anilines is 1. The van der Waals surface area contributed by atoms with Crippen molar-refractivity contribution in [3.05, 3.63) is 40.0 Å². The van der Waals surface area contributed by atoms with Crippen LogP contribution in [0, 0.1) is 6.92 Å². The van der Waals surface area contributed by atoms with Gasteiger partial charge in [0.1, 0.15) is 10.6 Å². The minimum Gasteiger partial charge on any atom is -0.454 e. The molecular weight excluding hydrogens is 322 g/mol. The molecule has 3 aromatic rings. The maximum Gasteiger partial charge on any atom is 0.231 e. The molecule has 0 amide bonds. The molecule has 2 aromatic heterocycles. The number of nitrogens with one attached hydrogen (secondary N) is 1. The molecule has 0 saturated heterocycles. The molecule has 1 aliphatic rings. The fourth-order valence-electron chi connectivity index (χ4n) is 2.42. The van der Waals surface area contributed by atoms with Gasteiger partial charge in [0.05, 0.1) is 5.39 Å². The molecule has 0 fully saturated rings. The highest BCUT2D eigenvalue weighted by molar-refractivity contribution is 7.17. The predicted molar refractivity (Wildman–Crippen MR) is 87.1 cm³/mol. The van der Waals surface area contributed by atoms with E-state index >= 15 is 0 Å².